The minimum atomic E-state index is -0.924. The van der Waals surface area contributed by atoms with Crippen LogP contribution in [0.15, 0.2) is 47.6 Å². The van der Waals surface area contributed by atoms with Gasteiger partial charge in [-0.1, -0.05) is 11.6 Å². The number of rotatable bonds is 4. The predicted molar refractivity (Wildman–Crippen MR) is 90.5 cm³/mol. The number of methoxy groups -OCH3 is 1. The number of hydrogen-bond donors (Lipinski definition) is 3. The number of nitrogens with one attached hydrogen (secondary N) is 2. The van der Waals surface area contributed by atoms with E-state index in [0.717, 1.165) is 0 Å². The highest BCUT2D eigenvalue weighted by Gasteiger charge is 2.12. The van der Waals surface area contributed by atoms with E-state index in [9.17, 15) is 14.7 Å². The largest absolute Gasteiger partial charge is 0.504 e. The molecule has 3 N–H and O–H groups in total. The Labute approximate surface area is 142 Å². The van der Waals surface area contributed by atoms with E-state index in [1.807, 2.05) is 0 Å². The monoisotopic (exact) mass is 347 g/mol. The zero-order chi connectivity index (χ0) is 17.5. The fraction of sp³-hybridized carbons (Fsp3) is 0.0625. The van der Waals surface area contributed by atoms with Crippen LogP contribution >= 0.6 is 11.6 Å². The Bertz CT molecular complexity index is 775. The van der Waals surface area contributed by atoms with Gasteiger partial charge in [-0.15, -0.1) is 0 Å². The van der Waals surface area contributed by atoms with Crippen LogP contribution in [0.25, 0.3) is 0 Å². The summed E-state index contributed by atoms with van der Waals surface area (Å²) in [5.74, 6) is -1.53. The maximum absolute atomic E-state index is 11.7. The highest BCUT2D eigenvalue weighted by atomic mass is 35.5. The molecule has 2 aromatic carbocycles. The van der Waals surface area contributed by atoms with Crippen molar-refractivity contribution < 1.29 is 19.4 Å². The molecule has 2 rings (SSSR count). The Kier molecular flexibility index (Phi) is 5.75. The molecule has 0 bridgehead atoms. The lowest BCUT2D eigenvalue weighted by atomic mass is 10.2. The summed E-state index contributed by atoms with van der Waals surface area (Å²) in [4.78, 5) is 23.4. The second-order valence-corrected chi connectivity index (χ2v) is 5.03. The number of anilines is 1. The molecule has 0 fully saturated rings. The van der Waals surface area contributed by atoms with Crippen molar-refractivity contribution in [2.45, 2.75) is 0 Å². The lowest BCUT2D eigenvalue weighted by Crippen LogP contribution is -2.32. The Morgan fingerprint density at radius 3 is 2.54 bits per heavy atom. The molecule has 8 heteroatoms. The molecular weight excluding hydrogens is 334 g/mol. The van der Waals surface area contributed by atoms with E-state index >= 15 is 0 Å². The number of aromatic hydroxyl groups is 1. The van der Waals surface area contributed by atoms with Gasteiger partial charge in [0.05, 0.1) is 13.3 Å². The number of hydrogen-bond acceptors (Lipinski definition) is 5. The minimum Gasteiger partial charge on any atom is -0.504 e. The lowest BCUT2D eigenvalue weighted by molar-refractivity contribution is -0.136. The summed E-state index contributed by atoms with van der Waals surface area (Å²) in [7, 11) is 1.42. The van der Waals surface area contributed by atoms with Gasteiger partial charge >= 0.3 is 11.8 Å². The number of phenolic OH excluding ortho intramolecular Hbond substituents is 1. The van der Waals surface area contributed by atoms with Gasteiger partial charge < -0.3 is 15.2 Å². The van der Waals surface area contributed by atoms with E-state index < -0.39 is 11.8 Å². The van der Waals surface area contributed by atoms with Gasteiger partial charge in [-0.2, -0.15) is 5.10 Å². The van der Waals surface area contributed by atoms with Crippen molar-refractivity contribution >= 4 is 35.3 Å². The first kappa shape index (κ1) is 17.3. The second kappa shape index (κ2) is 7.98. The number of hydrazone groups is 1. The van der Waals surface area contributed by atoms with Gasteiger partial charge in [-0.3, -0.25) is 9.59 Å². The lowest BCUT2D eigenvalue weighted by Gasteiger charge is -2.04. The molecule has 0 spiro atoms. The number of benzene rings is 2. The van der Waals surface area contributed by atoms with Crippen LogP contribution in [-0.2, 0) is 9.59 Å². The first-order valence-corrected chi connectivity index (χ1v) is 7.14. The van der Waals surface area contributed by atoms with Crippen molar-refractivity contribution in [2.75, 3.05) is 12.4 Å². The quantitative estimate of drug-likeness (QED) is 0.448. The molecule has 0 unspecified atom stereocenters. The number of halogens is 1. The molecule has 124 valence electrons. The average molecular weight is 348 g/mol. The summed E-state index contributed by atoms with van der Waals surface area (Å²) >= 11 is 5.73. The van der Waals surface area contributed by atoms with Gasteiger partial charge in [0.15, 0.2) is 11.5 Å². The highest BCUT2D eigenvalue weighted by molar-refractivity contribution is 6.39. The maximum Gasteiger partial charge on any atom is 0.329 e. The van der Waals surface area contributed by atoms with Crippen LogP contribution in [0, 0.1) is 0 Å². The Morgan fingerprint density at radius 1 is 1.17 bits per heavy atom. The van der Waals surface area contributed by atoms with Crippen LogP contribution < -0.4 is 15.5 Å². The van der Waals surface area contributed by atoms with Gasteiger partial charge in [0.25, 0.3) is 0 Å². The molecule has 0 saturated heterocycles. The molecule has 7 nitrogen and oxygen atoms in total. The summed E-state index contributed by atoms with van der Waals surface area (Å²) in [6.07, 6.45) is 1.31. The van der Waals surface area contributed by atoms with Crippen molar-refractivity contribution in [2.24, 2.45) is 5.10 Å². The Balaban J connectivity index is 1.92. The van der Waals surface area contributed by atoms with Crippen LogP contribution in [0.2, 0.25) is 5.02 Å². The van der Waals surface area contributed by atoms with Gasteiger partial charge in [0.1, 0.15) is 0 Å². The van der Waals surface area contributed by atoms with E-state index in [1.165, 1.54) is 25.5 Å². The van der Waals surface area contributed by atoms with Gasteiger partial charge in [0, 0.05) is 10.7 Å². The van der Waals surface area contributed by atoms with E-state index in [-0.39, 0.29) is 11.5 Å². The fourth-order valence-corrected chi connectivity index (χ4v) is 1.84. The molecule has 0 aliphatic rings. The molecule has 2 aromatic rings. The molecule has 0 atom stereocenters. The molecular formula is C16H14ClN3O4. The van der Waals surface area contributed by atoms with E-state index in [2.05, 4.69) is 15.8 Å². The molecule has 0 aliphatic heterocycles. The third-order valence-electron chi connectivity index (χ3n) is 2.89. The molecule has 0 aliphatic carbocycles. The summed E-state index contributed by atoms with van der Waals surface area (Å²) in [5.41, 5.74) is 3.11. The van der Waals surface area contributed by atoms with Crippen molar-refractivity contribution in [1.82, 2.24) is 5.43 Å². The van der Waals surface area contributed by atoms with Gasteiger partial charge in [0.2, 0.25) is 0 Å². The zero-order valence-electron chi connectivity index (χ0n) is 12.6. The van der Waals surface area contributed by atoms with Gasteiger partial charge in [-0.25, -0.2) is 5.43 Å². The number of amides is 2. The average Bonchev–Trinajstić information content (AvgIpc) is 2.58. The molecule has 24 heavy (non-hydrogen) atoms. The molecule has 0 heterocycles. The number of carbonyl (C=O) groups excluding carboxylic acids is 2. The fourth-order valence-electron chi connectivity index (χ4n) is 1.71. The minimum absolute atomic E-state index is 0.0129. The zero-order valence-corrected chi connectivity index (χ0v) is 13.4. The van der Waals surface area contributed by atoms with Crippen LogP contribution in [0.5, 0.6) is 11.5 Å². The van der Waals surface area contributed by atoms with Crippen LogP contribution in [0.1, 0.15) is 5.56 Å². The van der Waals surface area contributed by atoms with Gasteiger partial charge in [-0.05, 0) is 48.0 Å². The Morgan fingerprint density at radius 2 is 1.88 bits per heavy atom. The first-order chi connectivity index (χ1) is 11.5. The van der Waals surface area contributed by atoms with E-state index in [0.29, 0.717) is 16.3 Å². The summed E-state index contributed by atoms with van der Waals surface area (Å²) in [6.45, 7) is 0. The second-order valence-electron chi connectivity index (χ2n) is 4.59. The van der Waals surface area contributed by atoms with Crippen LogP contribution in [0.3, 0.4) is 0 Å². The molecule has 2 amide bonds. The summed E-state index contributed by atoms with van der Waals surface area (Å²) < 4.78 is 4.95. The third kappa shape index (κ3) is 4.72. The summed E-state index contributed by atoms with van der Waals surface area (Å²) in [6, 6.07) is 10.8. The molecule has 0 saturated carbocycles. The third-order valence-corrected chi connectivity index (χ3v) is 3.14. The van der Waals surface area contributed by atoms with Crippen molar-refractivity contribution in [3.05, 3.63) is 53.1 Å². The topological polar surface area (TPSA) is 100 Å². The molecule has 0 radical (unpaired) electrons. The van der Waals surface area contributed by atoms with Crippen molar-refractivity contribution in [3.8, 4) is 11.5 Å². The predicted octanol–water partition coefficient (Wildman–Crippen LogP) is 2.14. The van der Waals surface area contributed by atoms with Crippen molar-refractivity contribution in [1.29, 1.82) is 0 Å². The smallest absolute Gasteiger partial charge is 0.329 e. The maximum atomic E-state index is 11.7. The van der Waals surface area contributed by atoms with Crippen LogP contribution in [0.4, 0.5) is 5.69 Å². The SMILES string of the molecule is COc1cc(/C=N\NC(=O)C(=O)Nc2ccc(Cl)cc2)ccc1O. The van der Waals surface area contributed by atoms with E-state index in [1.54, 1.807) is 30.3 Å². The first-order valence-electron chi connectivity index (χ1n) is 6.76. The Hall–Kier alpha value is -3.06. The summed E-state index contributed by atoms with van der Waals surface area (Å²) in [5, 5.41) is 16.1. The normalized spacial score (nSPS) is 10.4. The van der Waals surface area contributed by atoms with Crippen LogP contribution in [-0.4, -0.2) is 30.2 Å². The van der Waals surface area contributed by atoms with Crippen molar-refractivity contribution in [3.63, 3.8) is 0 Å². The highest BCUT2D eigenvalue weighted by Crippen LogP contribution is 2.25. The molecule has 0 aromatic heterocycles. The number of nitrogens with zero attached hydrogens (tertiary/aromatic N) is 1. The number of carbonyl (C=O) groups is 2. The number of ether oxygens (including phenoxy) is 1. The number of phenols is 1. The van der Waals surface area contributed by atoms with E-state index in [4.69, 9.17) is 16.3 Å². The standard InChI is InChI=1S/C16H14ClN3O4/c1-24-14-8-10(2-7-13(14)21)9-18-20-16(23)15(22)19-12-5-3-11(17)4-6-12/h2-9,21H,1H3,(H,19,22)(H,20,23)/b18-9-.